The van der Waals surface area contributed by atoms with Crippen LogP contribution in [0.2, 0.25) is 0 Å². The molecule has 1 atom stereocenters. The molecule has 1 aliphatic heterocycles. The molecule has 0 fully saturated rings. The first-order chi connectivity index (χ1) is 14.6. The Kier molecular flexibility index (Phi) is 6.50. The monoisotopic (exact) mass is 408 g/mol. The van der Waals surface area contributed by atoms with E-state index in [0.717, 1.165) is 55.7 Å². The van der Waals surface area contributed by atoms with E-state index in [-0.39, 0.29) is 5.82 Å². The van der Waals surface area contributed by atoms with Gasteiger partial charge in [0.05, 0.1) is 13.2 Å². The van der Waals surface area contributed by atoms with Gasteiger partial charge in [-0.15, -0.1) is 0 Å². The van der Waals surface area contributed by atoms with Crippen molar-refractivity contribution < 1.29 is 14.2 Å². The van der Waals surface area contributed by atoms with Crippen molar-refractivity contribution in [3.05, 3.63) is 77.3 Å². The van der Waals surface area contributed by atoms with Gasteiger partial charge in [0.2, 0.25) is 0 Å². The van der Waals surface area contributed by atoms with Crippen LogP contribution >= 0.6 is 0 Å². The molecule has 0 radical (unpaired) electrons. The Labute approximate surface area is 177 Å². The van der Waals surface area contributed by atoms with Crippen LogP contribution in [0.4, 0.5) is 4.39 Å². The SMILES string of the molecule is COc1ccc2[nH]cc(CC3=CCCN(CCCC(O)c4ccc(F)cc4)C3)c2c1. The molecule has 4 rings (SSSR count). The van der Waals surface area contributed by atoms with Gasteiger partial charge in [-0.3, -0.25) is 4.90 Å². The van der Waals surface area contributed by atoms with Crippen LogP contribution in [0.5, 0.6) is 5.75 Å². The first-order valence-corrected chi connectivity index (χ1v) is 10.6. The van der Waals surface area contributed by atoms with E-state index in [9.17, 15) is 9.50 Å². The molecule has 30 heavy (non-hydrogen) atoms. The van der Waals surface area contributed by atoms with Crippen LogP contribution in [0.25, 0.3) is 10.9 Å². The van der Waals surface area contributed by atoms with Gasteiger partial charge in [-0.2, -0.15) is 0 Å². The number of benzene rings is 2. The second-order valence-electron chi connectivity index (χ2n) is 8.04. The second kappa shape index (κ2) is 9.45. The van der Waals surface area contributed by atoms with Gasteiger partial charge in [0.15, 0.2) is 0 Å². The van der Waals surface area contributed by atoms with Gasteiger partial charge in [-0.1, -0.05) is 23.8 Å². The molecule has 0 aliphatic carbocycles. The average molecular weight is 409 g/mol. The van der Waals surface area contributed by atoms with E-state index < -0.39 is 6.10 Å². The van der Waals surface area contributed by atoms with Crippen LogP contribution in [0.3, 0.4) is 0 Å². The van der Waals surface area contributed by atoms with E-state index in [0.29, 0.717) is 6.42 Å². The number of nitrogens with zero attached hydrogens (tertiary/aromatic N) is 1. The lowest BCUT2D eigenvalue weighted by molar-refractivity contribution is 0.156. The van der Waals surface area contributed by atoms with Crippen molar-refractivity contribution in [2.75, 3.05) is 26.7 Å². The van der Waals surface area contributed by atoms with Gasteiger partial charge in [0, 0.05) is 30.2 Å². The average Bonchev–Trinajstić information content (AvgIpc) is 3.16. The normalized spacial score (nSPS) is 15.9. The minimum Gasteiger partial charge on any atom is -0.497 e. The van der Waals surface area contributed by atoms with E-state index in [1.165, 1.54) is 28.7 Å². The van der Waals surface area contributed by atoms with Gasteiger partial charge in [0.1, 0.15) is 11.6 Å². The predicted octanol–water partition coefficient (Wildman–Crippen LogP) is 5.00. The summed E-state index contributed by atoms with van der Waals surface area (Å²) in [6.07, 6.45) is 7.51. The Morgan fingerprint density at radius 2 is 2.03 bits per heavy atom. The van der Waals surface area contributed by atoms with E-state index in [2.05, 4.69) is 34.3 Å². The zero-order valence-electron chi connectivity index (χ0n) is 17.4. The Hall–Kier alpha value is -2.63. The molecule has 4 nitrogen and oxygen atoms in total. The van der Waals surface area contributed by atoms with E-state index in [1.54, 1.807) is 19.2 Å². The summed E-state index contributed by atoms with van der Waals surface area (Å²) in [5.74, 6) is 0.606. The molecule has 0 amide bonds. The van der Waals surface area contributed by atoms with Crippen LogP contribution in [-0.2, 0) is 6.42 Å². The highest BCUT2D eigenvalue weighted by molar-refractivity contribution is 5.84. The van der Waals surface area contributed by atoms with Crippen molar-refractivity contribution >= 4 is 10.9 Å². The number of aromatic amines is 1. The number of H-pyrrole nitrogens is 1. The van der Waals surface area contributed by atoms with Gasteiger partial charge in [-0.05, 0) is 73.7 Å². The summed E-state index contributed by atoms with van der Waals surface area (Å²) in [5.41, 5.74) is 4.65. The molecule has 2 aromatic carbocycles. The largest absolute Gasteiger partial charge is 0.497 e. The third-order valence-corrected chi connectivity index (χ3v) is 5.90. The number of nitrogens with one attached hydrogen (secondary N) is 1. The molecule has 3 aromatic rings. The van der Waals surface area contributed by atoms with Crippen LogP contribution in [-0.4, -0.2) is 41.7 Å². The number of rotatable bonds is 8. The molecule has 0 spiro atoms. The highest BCUT2D eigenvalue weighted by Gasteiger charge is 2.16. The highest BCUT2D eigenvalue weighted by Crippen LogP contribution is 2.27. The third-order valence-electron chi connectivity index (χ3n) is 5.90. The van der Waals surface area contributed by atoms with Crippen LogP contribution in [0.15, 0.2) is 60.3 Å². The van der Waals surface area contributed by atoms with Crippen LogP contribution < -0.4 is 4.74 Å². The summed E-state index contributed by atoms with van der Waals surface area (Å²) in [4.78, 5) is 5.82. The number of aromatic nitrogens is 1. The summed E-state index contributed by atoms with van der Waals surface area (Å²) in [6.45, 7) is 2.97. The molecule has 1 aliphatic rings. The Morgan fingerprint density at radius 3 is 2.83 bits per heavy atom. The van der Waals surface area contributed by atoms with Gasteiger partial charge in [0.25, 0.3) is 0 Å². The number of aliphatic hydroxyl groups excluding tert-OH is 1. The maximum atomic E-state index is 13.0. The molecule has 1 aromatic heterocycles. The fourth-order valence-corrected chi connectivity index (χ4v) is 4.24. The van der Waals surface area contributed by atoms with Gasteiger partial charge >= 0.3 is 0 Å². The number of halogens is 1. The lowest BCUT2D eigenvalue weighted by atomic mass is 10.00. The molecule has 5 heteroatoms. The van der Waals surface area contributed by atoms with E-state index in [4.69, 9.17) is 4.74 Å². The fraction of sp³-hybridized carbons (Fsp3) is 0.360. The smallest absolute Gasteiger partial charge is 0.123 e. The standard InChI is InChI=1S/C25H29FN2O2/c1-30-22-10-11-24-23(15-22)20(16-27-24)14-18-4-2-12-28(17-18)13-3-5-25(29)19-6-8-21(26)9-7-19/h4,6-11,15-16,25,27,29H,2-3,5,12-14,17H2,1H3. The van der Waals surface area contributed by atoms with Crippen molar-refractivity contribution in [2.24, 2.45) is 0 Å². The fourth-order valence-electron chi connectivity index (χ4n) is 4.24. The van der Waals surface area contributed by atoms with Crippen molar-refractivity contribution in [1.29, 1.82) is 0 Å². The van der Waals surface area contributed by atoms with Gasteiger partial charge < -0.3 is 14.8 Å². The maximum absolute atomic E-state index is 13.0. The zero-order valence-corrected chi connectivity index (χ0v) is 17.4. The Balaban J connectivity index is 1.30. The summed E-state index contributed by atoms with van der Waals surface area (Å²) >= 11 is 0. The van der Waals surface area contributed by atoms with Crippen molar-refractivity contribution in [3.63, 3.8) is 0 Å². The summed E-state index contributed by atoms with van der Waals surface area (Å²) in [5, 5.41) is 11.6. The number of fused-ring (bicyclic) bond motifs is 1. The zero-order chi connectivity index (χ0) is 20.9. The highest BCUT2D eigenvalue weighted by atomic mass is 19.1. The minimum atomic E-state index is -0.536. The number of aliphatic hydroxyl groups is 1. The minimum absolute atomic E-state index is 0.271. The van der Waals surface area contributed by atoms with E-state index >= 15 is 0 Å². The molecule has 0 bridgehead atoms. The van der Waals surface area contributed by atoms with Crippen LogP contribution in [0.1, 0.15) is 36.5 Å². The van der Waals surface area contributed by atoms with Crippen molar-refractivity contribution in [1.82, 2.24) is 9.88 Å². The molecular formula is C25H29FN2O2. The first-order valence-electron chi connectivity index (χ1n) is 10.6. The molecule has 0 saturated heterocycles. The molecule has 1 unspecified atom stereocenters. The maximum Gasteiger partial charge on any atom is 0.123 e. The van der Waals surface area contributed by atoms with Crippen LogP contribution in [0, 0.1) is 5.82 Å². The quantitative estimate of drug-likeness (QED) is 0.516. The number of ether oxygens (including phenoxy) is 1. The lowest BCUT2D eigenvalue weighted by Gasteiger charge is -2.27. The Morgan fingerprint density at radius 1 is 1.20 bits per heavy atom. The summed E-state index contributed by atoms with van der Waals surface area (Å²) in [7, 11) is 1.70. The predicted molar refractivity (Wildman–Crippen MR) is 118 cm³/mol. The molecular weight excluding hydrogens is 379 g/mol. The summed E-state index contributed by atoms with van der Waals surface area (Å²) < 4.78 is 18.4. The lowest BCUT2D eigenvalue weighted by Crippen LogP contribution is -2.31. The summed E-state index contributed by atoms with van der Waals surface area (Å²) in [6, 6.07) is 12.3. The molecule has 2 heterocycles. The van der Waals surface area contributed by atoms with Crippen molar-refractivity contribution in [2.45, 2.75) is 31.8 Å². The Bertz CT molecular complexity index is 1010. The third kappa shape index (κ3) is 4.91. The number of hydrogen-bond acceptors (Lipinski definition) is 3. The van der Waals surface area contributed by atoms with E-state index in [1.807, 2.05) is 6.07 Å². The second-order valence-corrected chi connectivity index (χ2v) is 8.04. The first kappa shape index (κ1) is 20.6. The molecule has 158 valence electrons. The number of methoxy groups -OCH3 is 1. The van der Waals surface area contributed by atoms with Crippen molar-refractivity contribution in [3.8, 4) is 5.75 Å². The molecule has 0 saturated carbocycles. The topological polar surface area (TPSA) is 48.5 Å². The number of hydrogen-bond donors (Lipinski definition) is 2. The molecule has 2 N–H and O–H groups in total. The van der Waals surface area contributed by atoms with Gasteiger partial charge in [-0.25, -0.2) is 4.39 Å².